The predicted molar refractivity (Wildman–Crippen MR) is 52.0 cm³/mol. The maximum absolute atomic E-state index is 11.1. The SMILES string of the molecule is CN(C)C(C)(Cn1ccnc1)C(=O)O. The van der Waals surface area contributed by atoms with E-state index in [4.69, 9.17) is 5.11 Å². The van der Waals surface area contributed by atoms with Gasteiger partial charge < -0.3 is 9.67 Å². The average Bonchev–Trinajstić information content (AvgIpc) is 2.55. The highest BCUT2D eigenvalue weighted by Crippen LogP contribution is 2.14. The van der Waals surface area contributed by atoms with E-state index in [1.165, 1.54) is 0 Å². The summed E-state index contributed by atoms with van der Waals surface area (Å²) in [4.78, 5) is 16.7. The van der Waals surface area contributed by atoms with Crippen molar-refractivity contribution in [2.75, 3.05) is 14.1 Å². The second-order valence-corrected chi connectivity index (χ2v) is 3.71. The summed E-state index contributed by atoms with van der Waals surface area (Å²) in [6.45, 7) is 2.07. The summed E-state index contributed by atoms with van der Waals surface area (Å²) in [6.07, 6.45) is 5.01. The van der Waals surface area contributed by atoms with E-state index in [0.29, 0.717) is 6.54 Å². The Hall–Kier alpha value is -1.36. The molecule has 1 unspecified atom stereocenters. The standard InChI is InChI=1S/C9H15N3O2/c1-9(8(13)14,11(2)3)6-12-5-4-10-7-12/h4-5,7H,6H2,1-3H3,(H,13,14). The number of likely N-dealkylation sites (N-methyl/N-ethyl adjacent to an activating group) is 1. The Morgan fingerprint density at radius 2 is 2.29 bits per heavy atom. The quantitative estimate of drug-likeness (QED) is 0.753. The third-order valence-electron chi connectivity index (χ3n) is 2.50. The number of rotatable bonds is 4. The van der Waals surface area contributed by atoms with Crippen molar-refractivity contribution >= 4 is 5.97 Å². The van der Waals surface area contributed by atoms with E-state index in [2.05, 4.69) is 4.98 Å². The largest absolute Gasteiger partial charge is 0.480 e. The van der Waals surface area contributed by atoms with Crippen LogP contribution in [-0.2, 0) is 11.3 Å². The van der Waals surface area contributed by atoms with Crippen LogP contribution in [0.25, 0.3) is 0 Å². The highest BCUT2D eigenvalue weighted by Gasteiger charge is 2.35. The summed E-state index contributed by atoms with van der Waals surface area (Å²) in [5.74, 6) is -0.837. The molecule has 1 atom stereocenters. The number of carboxylic acid groups (broad SMARTS) is 1. The number of carboxylic acids is 1. The first-order valence-corrected chi connectivity index (χ1v) is 4.33. The maximum atomic E-state index is 11.1. The van der Waals surface area contributed by atoms with Crippen LogP contribution in [0.15, 0.2) is 18.7 Å². The molecule has 0 amide bonds. The molecule has 5 nitrogen and oxygen atoms in total. The normalized spacial score (nSPS) is 15.4. The van der Waals surface area contributed by atoms with Crippen LogP contribution in [0.2, 0.25) is 0 Å². The van der Waals surface area contributed by atoms with Crippen LogP contribution in [-0.4, -0.2) is 45.2 Å². The summed E-state index contributed by atoms with van der Waals surface area (Å²) in [5.41, 5.74) is -0.902. The average molecular weight is 197 g/mol. The fraction of sp³-hybridized carbons (Fsp3) is 0.556. The molecular weight excluding hydrogens is 182 g/mol. The maximum Gasteiger partial charge on any atom is 0.325 e. The van der Waals surface area contributed by atoms with E-state index in [1.54, 1.807) is 49.2 Å². The fourth-order valence-electron chi connectivity index (χ4n) is 1.14. The second-order valence-electron chi connectivity index (χ2n) is 3.71. The van der Waals surface area contributed by atoms with Gasteiger partial charge in [0.2, 0.25) is 0 Å². The van der Waals surface area contributed by atoms with Crippen molar-refractivity contribution in [1.82, 2.24) is 14.5 Å². The Bertz CT molecular complexity index is 308. The highest BCUT2D eigenvalue weighted by atomic mass is 16.4. The molecular formula is C9H15N3O2. The van der Waals surface area contributed by atoms with Gasteiger partial charge in [0.25, 0.3) is 0 Å². The molecule has 0 aliphatic rings. The van der Waals surface area contributed by atoms with Gasteiger partial charge in [-0.25, -0.2) is 4.98 Å². The van der Waals surface area contributed by atoms with E-state index >= 15 is 0 Å². The van der Waals surface area contributed by atoms with Gasteiger partial charge in [-0.15, -0.1) is 0 Å². The van der Waals surface area contributed by atoms with Crippen LogP contribution in [0.3, 0.4) is 0 Å². The molecule has 0 aliphatic carbocycles. The minimum absolute atomic E-state index is 0.384. The summed E-state index contributed by atoms with van der Waals surface area (Å²) in [6, 6.07) is 0. The van der Waals surface area contributed by atoms with Crippen LogP contribution >= 0.6 is 0 Å². The summed E-state index contributed by atoms with van der Waals surface area (Å²) in [5, 5.41) is 9.13. The summed E-state index contributed by atoms with van der Waals surface area (Å²) in [7, 11) is 3.51. The van der Waals surface area contributed by atoms with Crippen LogP contribution < -0.4 is 0 Å². The molecule has 0 saturated heterocycles. The van der Waals surface area contributed by atoms with Gasteiger partial charge in [0.05, 0.1) is 12.9 Å². The van der Waals surface area contributed by atoms with Gasteiger partial charge in [0, 0.05) is 12.4 Å². The van der Waals surface area contributed by atoms with Gasteiger partial charge in [0.1, 0.15) is 5.54 Å². The molecule has 0 bridgehead atoms. The number of hydrogen-bond acceptors (Lipinski definition) is 3. The van der Waals surface area contributed by atoms with E-state index in [-0.39, 0.29) is 0 Å². The van der Waals surface area contributed by atoms with E-state index in [1.807, 2.05) is 0 Å². The summed E-state index contributed by atoms with van der Waals surface area (Å²) >= 11 is 0. The lowest BCUT2D eigenvalue weighted by atomic mass is 10.0. The molecule has 14 heavy (non-hydrogen) atoms. The zero-order chi connectivity index (χ0) is 10.8. The third kappa shape index (κ3) is 1.93. The van der Waals surface area contributed by atoms with Gasteiger partial charge in [-0.2, -0.15) is 0 Å². The van der Waals surface area contributed by atoms with Crippen LogP contribution in [0.1, 0.15) is 6.92 Å². The molecule has 0 radical (unpaired) electrons. The molecule has 1 aromatic rings. The minimum Gasteiger partial charge on any atom is -0.480 e. The van der Waals surface area contributed by atoms with Crippen molar-refractivity contribution in [3.05, 3.63) is 18.7 Å². The first-order valence-electron chi connectivity index (χ1n) is 4.33. The van der Waals surface area contributed by atoms with Crippen molar-refractivity contribution in [3.8, 4) is 0 Å². The molecule has 0 fully saturated rings. The molecule has 0 saturated carbocycles. The van der Waals surface area contributed by atoms with E-state index in [0.717, 1.165) is 0 Å². The zero-order valence-corrected chi connectivity index (χ0v) is 8.64. The predicted octanol–water partition coefficient (Wildman–Crippen LogP) is 0.288. The number of nitrogens with zero attached hydrogens (tertiary/aromatic N) is 3. The number of aromatic nitrogens is 2. The Kier molecular flexibility index (Phi) is 2.90. The van der Waals surface area contributed by atoms with Crippen molar-refractivity contribution in [1.29, 1.82) is 0 Å². The monoisotopic (exact) mass is 197 g/mol. The topological polar surface area (TPSA) is 58.4 Å². The van der Waals surface area contributed by atoms with Crippen LogP contribution in [0, 0.1) is 0 Å². The van der Waals surface area contributed by atoms with Crippen molar-refractivity contribution in [2.24, 2.45) is 0 Å². The van der Waals surface area contributed by atoms with Crippen LogP contribution in [0.4, 0.5) is 0 Å². The molecule has 0 spiro atoms. The van der Waals surface area contributed by atoms with E-state index < -0.39 is 11.5 Å². The van der Waals surface area contributed by atoms with Gasteiger partial charge in [0.15, 0.2) is 0 Å². The van der Waals surface area contributed by atoms with Gasteiger partial charge in [-0.3, -0.25) is 9.69 Å². The van der Waals surface area contributed by atoms with Crippen molar-refractivity contribution in [2.45, 2.75) is 19.0 Å². The molecule has 78 valence electrons. The van der Waals surface area contributed by atoms with Gasteiger partial charge in [-0.05, 0) is 21.0 Å². The lowest BCUT2D eigenvalue weighted by Crippen LogP contribution is -2.51. The Morgan fingerprint density at radius 1 is 1.64 bits per heavy atom. The number of carbonyl (C=O) groups is 1. The second kappa shape index (κ2) is 3.79. The van der Waals surface area contributed by atoms with Crippen molar-refractivity contribution in [3.63, 3.8) is 0 Å². The number of imidazole rings is 1. The first kappa shape index (κ1) is 10.7. The van der Waals surface area contributed by atoms with Gasteiger partial charge >= 0.3 is 5.97 Å². The molecule has 1 aromatic heterocycles. The van der Waals surface area contributed by atoms with Gasteiger partial charge in [-0.1, -0.05) is 0 Å². The highest BCUT2D eigenvalue weighted by molar-refractivity contribution is 5.78. The molecule has 1 N–H and O–H groups in total. The molecule has 1 heterocycles. The Morgan fingerprint density at radius 3 is 2.64 bits per heavy atom. The first-order chi connectivity index (χ1) is 6.47. The van der Waals surface area contributed by atoms with E-state index in [9.17, 15) is 4.79 Å². The van der Waals surface area contributed by atoms with Crippen molar-refractivity contribution < 1.29 is 9.90 Å². The lowest BCUT2D eigenvalue weighted by molar-refractivity contribution is -0.149. The molecule has 1 rings (SSSR count). The summed E-state index contributed by atoms with van der Waals surface area (Å²) < 4.78 is 1.76. The number of hydrogen-bond donors (Lipinski definition) is 1. The minimum atomic E-state index is -0.902. The third-order valence-corrected chi connectivity index (χ3v) is 2.50. The molecule has 0 aromatic carbocycles. The lowest BCUT2D eigenvalue weighted by Gasteiger charge is -2.32. The number of aliphatic carboxylic acids is 1. The zero-order valence-electron chi connectivity index (χ0n) is 8.64. The smallest absolute Gasteiger partial charge is 0.325 e. The Balaban J connectivity index is 2.85. The molecule has 0 aliphatic heterocycles. The Labute approximate surface area is 83.0 Å². The molecule has 5 heteroatoms. The van der Waals surface area contributed by atoms with Crippen LogP contribution in [0.5, 0.6) is 0 Å². The fourth-order valence-corrected chi connectivity index (χ4v) is 1.14.